The Morgan fingerprint density at radius 2 is 0.667 bits per heavy atom. The molecule has 6 unspecified atom stereocenters. The Morgan fingerprint density at radius 1 is 0.436 bits per heavy atom. The van der Waals surface area contributed by atoms with E-state index in [9.17, 15) is 29.4 Å². The number of halogens is 2. The Hall–Kier alpha value is -1.44. The fraction of sp³-hybridized carbons (Fsp3) is 0.818. The highest BCUT2D eigenvalue weighted by Crippen LogP contribution is 2.47. The van der Waals surface area contributed by atoms with Crippen LogP contribution in [0, 0.1) is 23.7 Å². The summed E-state index contributed by atoms with van der Waals surface area (Å²) in [7, 11) is 0. The third-order valence-corrected chi connectivity index (χ3v) is 20.6. The summed E-state index contributed by atoms with van der Waals surface area (Å²) in [5.41, 5.74) is -4.64. The molecular formula is C66H112Br2N2O6S2. The molecule has 2 amide bonds. The minimum atomic E-state index is -2.32. The van der Waals surface area contributed by atoms with E-state index in [4.69, 9.17) is 0 Å². The van der Waals surface area contributed by atoms with Crippen LogP contribution in [-0.4, -0.2) is 46.7 Å². The molecule has 12 heteroatoms. The molecule has 8 nitrogen and oxygen atoms in total. The maximum absolute atomic E-state index is 14.8. The second-order valence-electron chi connectivity index (χ2n) is 23.8. The molecule has 0 spiro atoms. The van der Waals surface area contributed by atoms with Gasteiger partial charge >= 0.3 is 0 Å². The van der Waals surface area contributed by atoms with E-state index in [1.807, 2.05) is 0 Å². The minimum absolute atomic E-state index is 0.226. The molecule has 0 aliphatic heterocycles. The van der Waals surface area contributed by atoms with Crippen molar-refractivity contribution in [3.8, 4) is 0 Å². The van der Waals surface area contributed by atoms with E-state index in [1.165, 1.54) is 202 Å². The van der Waals surface area contributed by atoms with Gasteiger partial charge in [0.05, 0.1) is 19.4 Å². The maximum atomic E-state index is 14.8. The van der Waals surface area contributed by atoms with Gasteiger partial charge in [-0.15, -0.1) is 22.7 Å². The monoisotopic (exact) mass is 1250 g/mol. The van der Waals surface area contributed by atoms with Gasteiger partial charge in [0.15, 0.2) is 11.2 Å². The molecule has 4 N–H and O–H groups in total. The predicted octanol–water partition coefficient (Wildman–Crippen LogP) is 19.7. The first-order valence-electron chi connectivity index (χ1n) is 32.4. The summed E-state index contributed by atoms with van der Waals surface area (Å²) in [6.07, 6.45) is 47.8. The van der Waals surface area contributed by atoms with Gasteiger partial charge < -0.3 is 20.8 Å². The van der Waals surface area contributed by atoms with Gasteiger partial charge in [0.25, 0.3) is 11.8 Å². The van der Waals surface area contributed by atoms with Crippen molar-refractivity contribution in [1.29, 1.82) is 0 Å². The normalized spacial score (nSPS) is 17.2. The summed E-state index contributed by atoms with van der Waals surface area (Å²) in [6, 6.07) is 6.82. The Labute approximate surface area is 501 Å². The number of carbonyl (C=O) groups is 4. The Balaban J connectivity index is 1.76. The van der Waals surface area contributed by atoms with Crippen LogP contribution in [0.1, 0.15) is 307 Å². The van der Waals surface area contributed by atoms with Crippen LogP contribution in [-0.2, 0) is 30.4 Å². The van der Waals surface area contributed by atoms with Crippen LogP contribution in [0.15, 0.2) is 31.8 Å². The van der Waals surface area contributed by atoms with Gasteiger partial charge in [-0.25, -0.2) is 0 Å². The first-order chi connectivity index (χ1) is 37.9. The molecule has 2 aromatic heterocycles. The van der Waals surface area contributed by atoms with Gasteiger partial charge in [0, 0.05) is 35.7 Å². The van der Waals surface area contributed by atoms with E-state index < -0.39 is 59.3 Å². The van der Waals surface area contributed by atoms with Crippen molar-refractivity contribution < 1.29 is 29.4 Å². The van der Waals surface area contributed by atoms with E-state index in [1.54, 1.807) is 24.3 Å². The van der Waals surface area contributed by atoms with Crippen molar-refractivity contribution in [2.45, 2.75) is 309 Å². The van der Waals surface area contributed by atoms with Crippen molar-refractivity contribution in [1.82, 2.24) is 10.6 Å². The van der Waals surface area contributed by atoms with Crippen LogP contribution in [0.3, 0.4) is 0 Å². The lowest BCUT2D eigenvalue weighted by atomic mass is 9.66. The molecule has 0 aromatic carbocycles. The summed E-state index contributed by atoms with van der Waals surface area (Å²) in [4.78, 5) is 59.6. The number of unbranched alkanes of at least 4 members (excludes halogenated alkanes) is 32. The highest BCUT2D eigenvalue weighted by Gasteiger charge is 2.59. The number of amides is 2. The number of rotatable bonds is 50. The zero-order valence-corrected chi connectivity index (χ0v) is 54.6. The molecule has 448 valence electrons. The Morgan fingerprint density at radius 3 is 0.885 bits per heavy atom. The summed E-state index contributed by atoms with van der Waals surface area (Å²) in [5, 5.41) is 31.9. The molecule has 3 rings (SSSR count). The number of aliphatic hydroxyl groups is 2. The van der Waals surface area contributed by atoms with Crippen LogP contribution in [0.25, 0.3) is 0 Å². The summed E-state index contributed by atoms with van der Waals surface area (Å²) in [6.45, 7) is 9.77. The molecule has 1 saturated carbocycles. The number of thiophene rings is 2. The van der Waals surface area contributed by atoms with Crippen LogP contribution < -0.4 is 10.6 Å². The number of carbonyl (C=O) groups excluding carboxylic acids is 4. The van der Waals surface area contributed by atoms with E-state index in [-0.39, 0.29) is 21.6 Å². The van der Waals surface area contributed by atoms with E-state index in [0.29, 0.717) is 20.7 Å². The molecule has 2 heterocycles. The lowest BCUT2D eigenvalue weighted by Gasteiger charge is -2.41. The molecule has 0 radical (unpaired) electrons. The second-order valence-corrected chi connectivity index (χ2v) is 28.7. The van der Waals surface area contributed by atoms with Gasteiger partial charge in [-0.2, -0.15) is 0 Å². The Kier molecular flexibility index (Phi) is 39.3. The predicted molar refractivity (Wildman–Crippen MR) is 338 cm³/mol. The maximum Gasteiger partial charge on any atom is 0.258 e. The van der Waals surface area contributed by atoms with Crippen LogP contribution >= 0.6 is 54.5 Å². The molecule has 2 aromatic rings. The third-order valence-electron chi connectivity index (χ3n) is 17.2. The zero-order valence-electron chi connectivity index (χ0n) is 49.8. The van der Waals surface area contributed by atoms with Gasteiger partial charge in [0.2, 0.25) is 0 Å². The van der Waals surface area contributed by atoms with Crippen molar-refractivity contribution in [3.63, 3.8) is 0 Å². The highest BCUT2D eigenvalue weighted by atomic mass is 79.9. The molecule has 78 heavy (non-hydrogen) atoms. The van der Waals surface area contributed by atoms with Crippen LogP contribution in [0.5, 0.6) is 0 Å². The SMILES string of the molecule is CCCCCCCCCCCCC(CCCCCCCCCC)CNC(=O)C(O)(c1ccc(Br)s1)C1CC(=O)C(C(O)(C(=O)NCC(CCCCCCCCCC)CCCCCCCCCCCC)c2ccc(Br)s2)CC1=O. The van der Waals surface area contributed by atoms with Gasteiger partial charge in [-0.1, -0.05) is 259 Å². The molecule has 6 atom stereocenters. The standard InChI is InChI=1S/C66H112Br2N2O6S2/c1-5-9-13-17-21-25-27-31-35-39-43-53(41-37-33-29-23-19-15-11-7-3)51-69-63(73)65(75,59-45-47-61(67)77-59)55-49-58(72)56(50-57(55)71)66(76,60-46-48-62(68)78-60)64(74)70-52-54(42-38-34-30-24-20-16-12-8-4)44-40-36-32-28-26-22-18-14-10-6-2/h45-48,53-56,75-76H,5-44,49-52H2,1-4H3,(H,69,73)(H,70,74). The number of nitrogens with one attached hydrogen (secondary N) is 2. The van der Waals surface area contributed by atoms with Crippen molar-refractivity contribution in [2.75, 3.05) is 13.1 Å². The molecule has 0 saturated heterocycles. The Bertz CT molecular complexity index is 1760. The van der Waals surface area contributed by atoms with E-state index in [0.717, 1.165) is 77.0 Å². The topological polar surface area (TPSA) is 133 Å². The van der Waals surface area contributed by atoms with Crippen molar-refractivity contribution in [3.05, 3.63) is 41.6 Å². The molecule has 1 fully saturated rings. The first-order valence-corrected chi connectivity index (χ1v) is 35.7. The summed E-state index contributed by atoms with van der Waals surface area (Å²) in [5.74, 6) is -4.71. The van der Waals surface area contributed by atoms with Gasteiger partial charge in [-0.05, 0) is 93.6 Å². The first kappa shape index (κ1) is 70.8. The molecule has 1 aliphatic carbocycles. The van der Waals surface area contributed by atoms with Crippen LogP contribution in [0.2, 0.25) is 0 Å². The minimum Gasteiger partial charge on any atom is -0.374 e. The largest absolute Gasteiger partial charge is 0.374 e. The lowest BCUT2D eigenvalue weighted by molar-refractivity contribution is -0.168. The van der Waals surface area contributed by atoms with Crippen LogP contribution in [0.4, 0.5) is 0 Å². The summed E-state index contributed by atoms with van der Waals surface area (Å²) >= 11 is 9.41. The second kappa shape index (κ2) is 43.2. The van der Waals surface area contributed by atoms with E-state index in [2.05, 4.69) is 70.2 Å². The van der Waals surface area contributed by atoms with Gasteiger partial charge in [0.1, 0.15) is 11.6 Å². The van der Waals surface area contributed by atoms with Gasteiger partial charge in [-0.3, -0.25) is 19.2 Å². The smallest absolute Gasteiger partial charge is 0.258 e. The quantitative estimate of drug-likeness (QED) is 0.0488. The number of hydrogen-bond donors (Lipinski definition) is 4. The fourth-order valence-corrected chi connectivity index (χ4v) is 15.1. The van der Waals surface area contributed by atoms with Crippen molar-refractivity contribution >= 4 is 77.9 Å². The number of Topliss-reactive ketones (excluding diaryl/α,β-unsaturated/α-hetero) is 2. The average Bonchev–Trinajstić information content (AvgIpc) is 4.10. The molecule has 0 bridgehead atoms. The fourth-order valence-electron chi connectivity index (χ4n) is 12.0. The van der Waals surface area contributed by atoms with Crippen molar-refractivity contribution in [2.24, 2.45) is 23.7 Å². The highest BCUT2D eigenvalue weighted by molar-refractivity contribution is 9.11. The average molecular weight is 1250 g/mol. The summed E-state index contributed by atoms with van der Waals surface area (Å²) < 4.78 is 1.38. The molecular weight excluding hydrogens is 1140 g/mol. The molecule has 1 aliphatic rings. The lowest BCUT2D eigenvalue weighted by Crippen LogP contribution is -2.59. The zero-order chi connectivity index (χ0) is 56.7. The number of hydrogen-bond acceptors (Lipinski definition) is 8. The number of ketones is 2. The van der Waals surface area contributed by atoms with E-state index >= 15 is 0 Å². The third kappa shape index (κ3) is 26.9.